The number of hydrogen-bond donors (Lipinski definition) is 1. The molecule has 4 aromatic rings. The molecule has 2 heterocycles. The fourth-order valence-electron chi connectivity index (χ4n) is 5.22. The quantitative estimate of drug-likeness (QED) is 0.198. The summed E-state index contributed by atoms with van der Waals surface area (Å²) in [7, 11) is 0. The van der Waals surface area contributed by atoms with E-state index in [0.717, 1.165) is 17.6 Å². The number of rotatable bonds is 6. The average Bonchev–Trinajstić information content (AvgIpc) is 3.35. The Balaban J connectivity index is 1.68. The molecule has 1 aliphatic carbocycles. The SMILES string of the molecule is CCC(C)(C)[C@@H]1C/C(=C\c2ccc(-c3ccc(Cl)cc3[N+](=O)[O-])o2)c2nc3ccccc3c(C(=O)O)c2C1. The van der Waals surface area contributed by atoms with Crippen LogP contribution in [0.1, 0.15) is 61.0 Å². The molecular weight excluding hydrogens is 504 g/mol. The Kier molecular flexibility index (Phi) is 6.57. The smallest absolute Gasteiger partial charge is 0.336 e. The lowest BCUT2D eigenvalue weighted by atomic mass is 9.67. The molecule has 2 aromatic heterocycles. The number of para-hydroxylation sites is 1. The second-order valence-electron chi connectivity index (χ2n) is 10.4. The molecule has 0 spiro atoms. The summed E-state index contributed by atoms with van der Waals surface area (Å²) < 4.78 is 6.06. The van der Waals surface area contributed by atoms with Crippen molar-refractivity contribution >= 4 is 45.8 Å². The summed E-state index contributed by atoms with van der Waals surface area (Å²) in [5, 5.41) is 22.7. The van der Waals surface area contributed by atoms with Gasteiger partial charge in [-0.15, -0.1) is 0 Å². The highest BCUT2D eigenvalue weighted by molar-refractivity contribution is 6.30. The van der Waals surface area contributed by atoms with Gasteiger partial charge in [-0.1, -0.05) is 57.0 Å². The molecule has 0 amide bonds. The summed E-state index contributed by atoms with van der Waals surface area (Å²) in [6, 6.07) is 15.2. The zero-order chi connectivity index (χ0) is 27.2. The average molecular weight is 531 g/mol. The molecule has 7 nitrogen and oxygen atoms in total. The van der Waals surface area contributed by atoms with Crippen molar-refractivity contribution < 1.29 is 19.2 Å². The number of carboxylic acid groups (broad SMARTS) is 1. The van der Waals surface area contributed by atoms with Gasteiger partial charge >= 0.3 is 5.97 Å². The minimum Gasteiger partial charge on any atom is -0.478 e. The molecule has 5 rings (SSSR count). The van der Waals surface area contributed by atoms with E-state index < -0.39 is 10.9 Å². The minimum absolute atomic E-state index is 0.0313. The molecule has 0 saturated carbocycles. The number of carboxylic acids is 1. The summed E-state index contributed by atoms with van der Waals surface area (Å²) in [5.41, 5.74) is 3.37. The van der Waals surface area contributed by atoms with Crippen molar-refractivity contribution in [3.8, 4) is 11.3 Å². The van der Waals surface area contributed by atoms with Gasteiger partial charge in [0.15, 0.2) is 0 Å². The fourth-order valence-corrected chi connectivity index (χ4v) is 5.39. The highest BCUT2D eigenvalue weighted by Gasteiger charge is 2.36. The molecule has 1 aliphatic rings. The number of furan rings is 1. The van der Waals surface area contributed by atoms with E-state index in [1.54, 1.807) is 24.3 Å². The summed E-state index contributed by atoms with van der Waals surface area (Å²) in [6.07, 6.45) is 4.15. The lowest BCUT2D eigenvalue weighted by Gasteiger charge is -2.38. The number of pyridine rings is 1. The second kappa shape index (κ2) is 9.72. The monoisotopic (exact) mass is 530 g/mol. The molecule has 0 bridgehead atoms. The third-order valence-corrected chi connectivity index (χ3v) is 8.04. The summed E-state index contributed by atoms with van der Waals surface area (Å²) >= 11 is 5.98. The van der Waals surface area contributed by atoms with Crippen molar-refractivity contribution in [3.05, 3.63) is 92.3 Å². The van der Waals surface area contributed by atoms with Crippen LogP contribution < -0.4 is 0 Å². The number of allylic oxidation sites excluding steroid dienone is 1. The number of hydrogen-bond acceptors (Lipinski definition) is 5. The number of fused-ring (bicyclic) bond motifs is 2. The molecule has 1 atom stereocenters. The Bertz CT molecular complexity index is 1620. The number of benzene rings is 2. The van der Waals surface area contributed by atoms with Crippen LogP contribution in [0.2, 0.25) is 5.02 Å². The van der Waals surface area contributed by atoms with E-state index in [9.17, 15) is 20.0 Å². The van der Waals surface area contributed by atoms with E-state index in [2.05, 4.69) is 20.8 Å². The Morgan fingerprint density at radius 3 is 2.68 bits per heavy atom. The number of carbonyl (C=O) groups is 1. The number of aromatic nitrogens is 1. The van der Waals surface area contributed by atoms with Crippen LogP contribution in [0, 0.1) is 21.4 Å². The summed E-state index contributed by atoms with van der Waals surface area (Å²) in [6.45, 7) is 6.56. The number of nitrogens with zero attached hydrogens (tertiary/aromatic N) is 2. The molecule has 2 aromatic carbocycles. The largest absolute Gasteiger partial charge is 0.478 e. The second-order valence-corrected chi connectivity index (χ2v) is 10.8. The Hall–Kier alpha value is -3.97. The standard InChI is InChI=1S/C30H27ClN2O5/c1-4-30(2,3)18-13-17(28-23(15-18)27(29(34)35)21-7-5-6-8-24(21)32-28)14-20-10-12-26(38-20)22-11-9-19(31)16-25(22)33(36)37/h5-12,14,16,18H,4,13,15H2,1-3H3,(H,34,35)/b17-14+/t18-/m1/s1. The van der Waals surface area contributed by atoms with Gasteiger partial charge in [-0.05, 0) is 71.7 Å². The van der Waals surface area contributed by atoms with E-state index in [0.29, 0.717) is 52.1 Å². The van der Waals surface area contributed by atoms with E-state index in [4.69, 9.17) is 21.0 Å². The topological polar surface area (TPSA) is 106 Å². The Morgan fingerprint density at radius 2 is 1.97 bits per heavy atom. The van der Waals surface area contributed by atoms with Crippen LogP contribution in [0.3, 0.4) is 0 Å². The molecule has 0 saturated heterocycles. The molecule has 0 fully saturated rings. The number of halogens is 1. The Labute approximate surface area is 224 Å². The van der Waals surface area contributed by atoms with Crippen molar-refractivity contribution in [2.24, 2.45) is 11.3 Å². The van der Waals surface area contributed by atoms with Crippen LogP contribution in [-0.2, 0) is 6.42 Å². The third kappa shape index (κ3) is 4.58. The number of aromatic carboxylic acids is 1. The van der Waals surface area contributed by atoms with Gasteiger partial charge in [0.25, 0.3) is 5.69 Å². The van der Waals surface area contributed by atoms with Crippen molar-refractivity contribution in [1.29, 1.82) is 0 Å². The maximum atomic E-state index is 12.5. The molecule has 0 aliphatic heterocycles. The third-order valence-electron chi connectivity index (χ3n) is 7.81. The maximum Gasteiger partial charge on any atom is 0.336 e. The van der Waals surface area contributed by atoms with Crippen LogP contribution in [0.5, 0.6) is 0 Å². The van der Waals surface area contributed by atoms with E-state index in [1.807, 2.05) is 30.3 Å². The van der Waals surface area contributed by atoms with Gasteiger partial charge in [0, 0.05) is 16.5 Å². The maximum absolute atomic E-state index is 12.5. The molecule has 0 radical (unpaired) electrons. The van der Waals surface area contributed by atoms with Crippen LogP contribution in [0.15, 0.2) is 59.0 Å². The van der Waals surface area contributed by atoms with Crippen molar-refractivity contribution in [1.82, 2.24) is 4.98 Å². The molecule has 194 valence electrons. The molecule has 8 heteroatoms. The zero-order valence-electron chi connectivity index (χ0n) is 21.3. The first-order valence-electron chi connectivity index (χ1n) is 12.5. The normalized spacial score (nSPS) is 16.5. The van der Waals surface area contributed by atoms with Crippen molar-refractivity contribution in [2.45, 2.75) is 40.0 Å². The molecule has 0 unspecified atom stereocenters. The van der Waals surface area contributed by atoms with E-state index in [1.165, 1.54) is 6.07 Å². The number of nitro groups is 1. The highest BCUT2D eigenvalue weighted by atomic mass is 35.5. The van der Waals surface area contributed by atoms with Gasteiger partial charge in [0.2, 0.25) is 0 Å². The zero-order valence-corrected chi connectivity index (χ0v) is 22.1. The van der Waals surface area contributed by atoms with Crippen LogP contribution in [0.25, 0.3) is 33.9 Å². The molecule has 38 heavy (non-hydrogen) atoms. The van der Waals surface area contributed by atoms with Crippen molar-refractivity contribution in [3.63, 3.8) is 0 Å². The highest BCUT2D eigenvalue weighted by Crippen LogP contribution is 2.46. The Morgan fingerprint density at radius 1 is 1.21 bits per heavy atom. The van der Waals surface area contributed by atoms with Gasteiger partial charge in [-0.2, -0.15) is 0 Å². The van der Waals surface area contributed by atoms with Crippen molar-refractivity contribution in [2.75, 3.05) is 0 Å². The van der Waals surface area contributed by atoms with Gasteiger partial charge in [-0.3, -0.25) is 10.1 Å². The molecular formula is C30H27ClN2O5. The first-order valence-corrected chi connectivity index (χ1v) is 12.9. The van der Waals surface area contributed by atoms with Gasteiger partial charge in [0.05, 0.1) is 27.3 Å². The van der Waals surface area contributed by atoms with Crippen LogP contribution in [-0.4, -0.2) is 21.0 Å². The first kappa shape index (κ1) is 25.7. The summed E-state index contributed by atoms with van der Waals surface area (Å²) in [5.74, 6) is 0.0787. The van der Waals surface area contributed by atoms with E-state index in [-0.39, 0.29) is 22.0 Å². The first-order chi connectivity index (χ1) is 18.1. The van der Waals surface area contributed by atoms with Gasteiger partial charge < -0.3 is 9.52 Å². The lowest BCUT2D eigenvalue weighted by Crippen LogP contribution is -2.30. The predicted octanol–water partition coefficient (Wildman–Crippen LogP) is 8.29. The fraction of sp³-hybridized carbons (Fsp3) is 0.267. The van der Waals surface area contributed by atoms with Crippen LogP contribution in [0.4, 0.5) is 5.69 Å². The van der Waals surface area contributed by atoms with Crippen LogP contribution >= 0.6 is 11.6 Å². The summed E-state index contributed by atoms with van der Waals surface area (Å²) in [4.78, 5) is 28.5. The lowest BCUT2D eigenvalue weighted by molar-refractivity contribution is -0.384. The van der Waals surface area contributed by atoms with Gasteiger partial charge in [-0.25, -0.2) is 9.78 Å². The van der Waals surface area contributed by atoms with Gasteiger partial charge in [0.1, 0.15) is 11.5 Å². The predicted molar refractivity (Wildman–Crippen MR) is 148 cm³/mol. The number of nitro benzene ring substituents is 1. The van der Waals surface area contributed by atoms with E-state index >= 15 is 0 Å². The molecule has 1 N–H and O–H groups in total. The minimum atomic E-state index is -0.968.